The molecule has 0 saturated heterocycles. The number of amides is 1. The fourth-order valence-electron chi connectivity index (χ4n) is 4.64. The van der Waals surface area contributed by atoms with Crippen molar-refractivity contribution in [2.24, 2.45) is 0 Å². The van der Waals surface area contributed by atoms with Crippen LogP contribution in [-0.4, -0.2) is 68.5 Å². The van der Waals surface area contributed by atoms with Crippen LogP contribution in [-0.2, 0) is 18.4 Å². The van der Waals surface area contributed by atoms with Gasteiger partial charge in [0.15, 0.2) is 0 Å². The van der Waals surface area contributed by atoms with Gasteiger partial charge in [0.1, 0.15) is 13.2 Å². The van der Waals surface area contributed by atoms with Crippen LogP contribution in [0.1, 0.15) is 136 Å². The number of aliphatic hydroxyl groups excluding tert-OH is 1. The smallest absolute Gasteiger partial charge is 0.268 e. The molecule has 0 heterocycles. The van der Waals surface area contributed by atoms with Crippen molar-refractivity contribution >= 4 is 13.7 Å². The highest BCUT2D eigenvalue weighted by atomic mass is 31.2. The Bertz CT molecular complexity index is 840. The lowest BCUT2D eigenvalue weighted by molar-refractivity contribution is -0.870. The van der Waals surface area contributed by atoms with E-state index in [1.54, 1.807) is 6.08 Å². The molecule has 0 fully saturated rings. The van der Waals surface area contributed by atoms with Gasteiger partial charge in [-0.2, -0.15) is 0 Å². The lowest BCUT2D eigenvalue weighted by Crippen LogP contribution is -2.45. The molecular weight excluding hydrogens is 587 g/mol. The summed E-state index contributed by atoms with van der Waals surface area (Å²) >= 11 is 0. The summed E-state index contributed by atoms with van der Waals surface area (Å²) in [5, 5.41) is 13.5. The van der Waals surface area contributed by atoms with Crippen LogP contribution in [0, 0.1) is 0 Å². The third-order valence-electron chi connectivity index (χ3n) is 7.55. The fourth-order valence-corrected chi connectivity index (χ4v) is 5.36. The maximum Gasteiger partial charge on any atom is 0.268 e. The average molecular weight is 657 g/mol. The average Bonchev–Trinajstić information content (AvgIpc) is 2.97. The number of carbonyl (C=O) groups excluding carboxylic acids is 1. The van der Waals surface area contributed by atoms with E-state index in [2.05, 4.69) is 43.5 Å². The van der Waals surface area contributed by atoms with Gasteiger partial charge in [-0.1, -0.05) is 115 Å². The van der Waals surface area contributed by atoms with E-state index in [1.807, 2.05) is 27.2 Å². The Morgan fingerprint density at radius 2 is 1.29 bits per heavy atom. The lowest BCUT2D eigenvalue weighted by Gasteiger charge is -2.29. The zero-order valence-electron chi connectivity index (χ0n) is 29.6. The minimum atomic E-state index is -4.58. The number of hydrogen-bond acceptors (Lipinski definition) is 6. The topological polar surface area (TPSA) is 108 Å². The first-order valence-electron chi connectivity index (χ1n) is 17.9. The number of phosphoric acid groups is 1. The number of quaternary nitrogens is 1. The Morgan fingerprint density at radius 3 is 1.89 bits per heavy atom. The normalized spacial score (nSPS) is 15.3. The summed E-state index contributed by atoms with van der Waals surface area (Å²) in [5.41, 5.74) is 0. The van der Waals surface area contributed by atoms with Gasteiger partial charge in [0.05, 0.1) is 39.9 Å². The Hall–Kier alpha value is -1.28. The Balaban J connectivity index is 4.46. The molecule has 1 amide bonds. The summed E-state index contributed by atoms with van der Waals surface area (Å²) in [6.45, 7) is 4.47. The van der Waals surface area contributed by atoms with Crippen molar-refractivity contribution in [3.05, 3.63) is 36.5 Å². The standard InChI is InChI=1S/C36H69N2O6P/c1-6-8-10-12-14-15-16-17-18-19-20-21-22-24-26-28-30-36(40)37-34(35(39)29-27-25-23-13-11-9-7-2)33-44-45(41,42)43-32-31-38(3,4)5/h11,13,18-19,27,29,34-35,39H,6-10,12,14-17,20-26,28,30-33H2,1-5H3,(H-,37,40,41,42)/b13-11+,19-18-,29-27+. The first-order valence-corrected chi connectivity index (χ1v) is 19.3. The first kappa shape index (κ1) is 43.7. The Morgan fingerprint density at radius 1 is 0.756 bits per heavy atom. The van der Waals surface area contributed by atoms with Gasteiger partial charge in [-0.3, -0.25) is 9.36 Å². The van der Waals surface area contributed by atoms with E-state index < -0.39 is 26.6 Å². The number of nitrogens with zero attached hydrogens (tertiary/aromatic N) is 1. The Labute approximate surface area is 276 Å². The van der Waals surface area contributed by atoms with Crippen molar-refractivity contribution in [3.8, 4) is 0 Å². The third-order valence-corrected chi connectivity index (χ3v) is 8.52. The summed E-state index contributed by atoms with van der Waals surface area (Å²) in [6, 6.07) is -0.901. The molecule has 0 aliphatic rings. The SMILES string of the molecule is CCC/C=C/CC/C=C/C(O)C(COP(=O)([O-])OCC[N+](C)(C)C)NC(=O)CCCCCCC/C=C\CCCCCCCCC. The highest BCUT2D eigenvalue weighted by Gasteiger charge is 2.23. The molecule has 3 atom stereocenters. The summed E-state index contributed by atoms with van der Waals surface area (Å²) in [4.78, 5) is 25.0. The van der Waals surface area contributed by atoms with Crippen LogP contribution in [0.3, 0.4) is 0 Å². The van der Waals surface area contributed by atoms with E-state index in [0.717, 1.165) is 64.2 Å². The second kappa shape index (κ2) is 28.9. The van der Waals surface area contributed by atoms with Gasteiger partial charge in [-0.25, -0.2) is 0 Å². The van der Waals surface area contributed by atoms with E-state index in [4.69, 9.17) is 9.05 Å². The number of aliphatic hydroxyl groups is 1. The zero-order valence-corrected chi connectivity index (χ0v) is 30.5. The van der Waals surface area contributed by atoms with Crippen molar-refractivity contribution in [2.45, 2.75) is 148 Å². The van der Waals surface area contributed by atoms with E-state index >= 15 is 0 Å². The van der Waals surface area contributed by atoms with Crippen LogP contribution in [0.5, 0.6) is 0 Å². The number of hydrogen-bond donors (Lipinski definition) is 2. The minimum absolute atomic E-state index is 0.00908. The van der Waals surface area contributed by atoms with Gasteiger partial charge in [0, 0.05) is 6.42 Å². The minimum Gasteiger partial charge on any atom is -0.756 e. The number of rotatable bonds is 31. The second-order valence-electron chi connectivity index (χ2n) is 13.2. The van der Waals surface area contributed by atoms with E-state index in [1.165, 1.54) is 51.4 Å². The molecule has 0 bridgehead atoms. The number of phosphoric ester groups is 1. The molecule has 0 aromatic carbocycles. The van der Waals surface area contributed by atoms with Crippen molar-refractivity contribution in [2.75, 3.05) is 40.9 Å². The summed E-state index contributed by atoms with van der Waals surface area (Å²) in [7, 11) is 1.23. The van der Waals surface area contributed by atoms with Crippen molar-refractivity contribution in [1.29, 1.82) is 0 Å². The maximum absolute atomic E-state index is 12.7. The second-order valence-corrected chi connectivity index (χ2v) is 14.6. The van der Waals surface area contributed by atoms with E-state index in [9.17, 15) is 19.4 Å². The van der Waals surface area contributed by atoms with E-state index in [0.29, 0.717) is 17.4 Å². The predicted molar refractivity (Wildman–Crippen MR) is 187 cm³/mol. The molecule has 0 aliphatic carbocycles. The van der Waals surface area contributed by atoms with Crippen LogP contribution in [0.15, 0.2) is 36.5 Å². The molecule has 0 spiro atoms. The molecule has 2 N–H and O–H groups in total. The molecule has 0 aromatic heterocycles. The molecule has 264 valence electrons. The molecule has 0 aromatic rings. The van der Waals surface area contributed by atoms with Gasteiger partial charge in [0.2, 0.25) is 5.91 Å². The van der Waals surface area contributed by atoms with Gasteiger partial charge in [-0.15, -0.1) is 0 Å². The lowest BCUT2D eigenvalue weighted by atomic mass is 10.1. The zero-order chi connectivity index (χ0) is 33.7. The monoisotopic (exact) mass is 656 g/mol. The molecular formula is C36H69N2O6P. The number of nitrogens with one attached hydrogen (secondary N) is 1. The molecule has 0 radical (unpaired) electrons. The van der Waals surface area contributed by atoms with Gasteiger partial charge >= 0.3 is 0 Å². The quantitative estimate of drug-likeness (QED) is 0.0337. The summed E-state index contributed by atoms with van der Waals surface area (Å²) in [6.07, 6.45) is 32.1. The molecule has 3 unspecified atom stereocenters. The van der Waals surface area contributed by atoms with Crippen LogP contribution in [0.4, 0.5) is 0 Å². The van der Waals surface area contributed by atoms with Gasteiger partial charge in [0.25, 0.3) is 7.82 Å². The van der Waals surface area contributed by atoms with E-state index in [-0.39, 0.29) is 12.5 Å². The maximum atomic E-state index is 12.7. The highest BCUT2D eigenvalue weighted by molar-refractivity contribution is 7.45. The molecule has 0 aliphatic heterocycles. The molecule has 9 heteroatoms. The number of likely N-dealkylation sites (N-methyl/N-ethyl adjacent to an activating group) is 1. The van der Waals surface area contributed by atoms with Crippen LogP contribution < -0.4 is 10.2 Å². The summed E-state index contributed by atoms with van der Waals surface area (Å²) < 4.78 is 22.9. The van der Waals surface area contributed by atoms with Crippen LogP contribution in [0.25, 0.3) is 0 Å². The molecule has 8 nitrogen and oxygen atoms in total. The number of carbonyl (C=O) groups is 1. The third kappa shape index (κ3) is 31.1. The van der Waals surface area contributed by atoms with Crippen molar-refractivity contribution in [3.63, 3.8) is 0 Å². The highest BCUT2D eigenvalue weighted by Crippen LogP contribution is 2.38. The summed E-state index contributed by atoms with van der Waals surface area (Å²) in [5.74, 6) is -0.224. The number of unbranched alkanes of at least 4 members (excludes halogenated alkanes) is 14. The first-order chi connectivity index (χ1) is 21.5. The van der Waals surface area contributed by atoms with Crippen molar-refractivity contribution in [1.82, 2.24) is 5.32 Å². The Kier molecular flexibility index (Phi) is 28.1. The van der Waals surface area contributed by atoms with Gasteiger partial charge in [-0.05, 0) is 51.4 Å². The molecule has 0 saturated carbocycles. The largest absolute Gasteiger partial charge is 0.756 e. The predicted octanol–water partition coefficient (Wildman–Crippen LogP) is 8.16. The fraction of sp³-hybridized carbons (Fsp3) is 0.806. The van der Waals surface area contributed by atoms with Crippen molar-refractivity contribution < 1.29 is 32.9 Å². The molecule has 45 heavy (non-hydrogen) atoms. The number of allylic oxidation sites excluding steroid dienone is 5. The molecule has 0 rings (SSSR count). The van der Waals surface area contributed by atoms with Gasteiger partial charge < -0.3 is 28.8 Å². The van der Waals surface area contributed by atoms with Crippen LogP contribution >= 0.6 is 7.82 Å². The van der Waals surface area contributed by atoms with Crippen LogP contribution in [0.2, 0.25) is 0 Å².